The van der Waals surface area contributed by atoms with Crippen LogP contribution < -0.4 is 0 Å². The van der Waals surface area contributed by atoms with Gasteiger partial charge in [0.05, 0.1) is 23.5 Å². The summed E-state index contributed by atoms with van der Waals surface area (Å²) in [6.07, 6.45) is 0. The molecule has 0 saturated carbocycles. The molecule has 112 valence electrons. The van der Waals surface area contributed by atoms with Crippen LogP contribution in [0.5, 0.6) is 0 Å². The van der Waals surface area contributed by atoms with Crippen molar-refractivity contribution in [2.24, 2.45) is 0 Å². The molecular weight excluding hydrogens is 311 g/mol. The van der Waals surface area contributed by atoms with Crippen molar-refractivity contribution in [3.8, 4) is 5.69 Å². The second kappa shape index (κ2) is 6.08. The van der Waals surface area contributed by atoms with Gasteiger partial charge in [-0.3, -0.25) is 0 Å². The fourth-order valence-corrected chi connectivity index (χ4v) is 2.64. The molecule has 4 nitrogen and oxygen atoms in total. The highest BCUT2D eigenvalue weighted by atomic mass is 35.5. The van der Waals surface area contributed by atoms with E-state index in [0.29, 0.717) is 10.0 Å². The Labute approximate surface area is 133 Å². The Morgan fingerprint density at radius 2 is 2.00 bits per heavy atom. The summed E-state index contributed by atoms with van der Waals surface area (Å²) in [4.78, 5) is 11.8. The summed E-state index contributed by atoms with van der Waals surface area (Å²) in [5.41, 5.74) is 2.58. The Kier molecular flexibility index (Phi) is 4.59. The number of rotatable bonds is 3. The fraction of sp³-hybridized carbons (Fsp3) is 0.333. The van der Waals surface area contributed by atoms with Gasteiger partial charge in [-0.1, -0.05) is 43.1 Å². The molecule has 1 aromatic carbocycles. The summed E-state index contributed by atoms with van der Waals surface area (Å²) >= 11 is 12.5. The van der Waals surface area contributed by atoms with Crippen LogP contribution in [-0.2, 0) is 4.74 Å². The van der Waals surface area contributed by atoms with Crippen LogP contribution in [0.15, 0.2) is 18.2 Å². The molecule has 0 radical (unpaired) electrons. The average Bonchev–Trinajstić information content (AvgIpc) is 2.78. The predicted molar refractivity (Wildman–Crippen MR) is 83.7 cm³/mol. The summed E-state index contributed by atoms with van der Waals surface area (Å²) < 4.78 is 6.36. The second-order valence-electron chi connectivity index (χ2n) is 5.04. The minimum Gasteiger partial charge on any atom is -0.464 e. The lowest BCUT2D eigenvalue weighted by Crippen LogP contribution is -2.06. The Bertz CT molecular complexity index is 693. The number of carbonyl (C=O) groups excluding carboxylic acids is 1. The van der Waals surface area contributed by atoms with Crippen LogP contribution in [0.4, 0.5) is 0 Å². The van der Waals surface area contributed by atoms with Crippen LogP contribution in [0.25, 0.3) is 5.69 Å². The zero-order valence-electron chi connectivity index (χ0n) is 12.3. The van der Waals surface area contributed by atoms with E-state index in [1.54, 1.807) is 10.7 Å². The minimum atomic E-state index is -0.557. The molecule has 0 N–H and O–H groups in total. The molecule has 21 heavy (non-hydrogen) atoms. The molecule has 0 aliphatic heterocycles. The highest BCUT2D eigenvalue weighted by Gasteiger charge is 2.24. The maximum atomic E-state index is 11.8. The Morgan fingerprint density at radius 3 is 2.52 bits per heavy atom. The predicted octanol–water partition coefficient (Wildman–Crippen LogP) is 4.40. The van der Waals surface area contributed by atoms with Crippen molar-refractivity contribution in [1.29, 1.82) is 0 Å². The summed E-state index contributed by atoms with van der Waals surface area (Å²) in [5.74, 6) is -0.470. The molecule has 6 heteroatoms. The molecule has 0 unspecified atom stereocenters. The monoisotopic (exact) mass is 326 g/mol. The number of hydrogen-bond acceptors (Lipinski definition) is 3. The standard InChI is InChI=1S/C15H16Cl2N2O2/c1-8(2)14-12(17)13(15(20)21-4)18-19(14)10-6-5-9(3)11(16)7-10/h5-8H,1-4H3. The van der Waals surface area contributed by atoms with Gasteiger partial charge in [0.15, 0.2) is 5.69 Å². The highest BCUT2D eigenvalue weighted by Crippen LogP contribution is 2.31. The van der Waals surface area contributed by atoms with Crippen LogP contribution >= 0.6 is 23.2 Å². The number of esters is 1. The number of methoxy groups -OCH3 is 1. The SMILES string of the molecule is COC(=O)c1nn(-c2ccc(C)c(Cl)c2)c(C(C)C)c1Cl. The van der Waals surface area contributed by atoms with Gasteiger partial charge in [0, 0.05) is 5.02 Å². The van der Waals surface area contributed by atoms with Gasteiger partial charge in [0.1, 0.15) is 0 Å². The van der Waals surface area contributed by atoms with Crippen molar-refractivity contribution in [3.63, 3.8) is 0 Å². The van der Waals surface area contributed by atoms with Crippen molar-refractivity contribution in [1.82, 2.24) is 9.78 Å². The first-order valence-electron chi connectivity index (χ1n) is 6.50. The van der Waals surface area contributed by atoms with E-state index < -0.39 is 5.97 Å². The minimum absolute atomic E-state index is 0.0866. The number of hydrogen-bond donors (Lipinski definition) is 0. The number of benzene rings is 1. The number of nitrogens with zero attached hydrogens (tertiary/aromatic N) is 2. The van der Waals surface area contributed by atoms with E-state index in [1.165, 1.54) is 7.11 Å². The van der Waals surface area contributed by atoms with Gasteiger partial charge in [-0.05, 0) is 30.5 Å². The molecule has 2 rings (SSSR count). The van der Waals surface area contributed by atoms with Gasteiger partial charge >= 0.3 is 5.97 Å². The molecule has 1 aromatic heterocycles. The van der Waals surface area contributed by atoms with E-state index in [1.807, 2.05) is 32.9 Å². The van der Waals surface area contributed by atoms with Crippen LogP contribution in [0.2, 0.25) is 10.0 Å². The van der Waals surface area contributed by atoms with Crippen molar-refractivity contribution in [3.05, 3.63) is 45.2 Å². The number of halogens is 2. The summed E-state index contributed by atoms with van der Waals surface area (Å²) in [6.45, 7) is 5.89. The average molecular weight is 327 g/mol. The Morgan fingerprint density at radius 1 is 1.33 bits per heavy atom. The molecule has 1 heterocycles. The van der Waals surface area contributed by atoms with Crippen molar-refractivity contribution < 1.29 is 9.53 Å². The van der Waals surface area contributed by atoms with E-state index in [-0.39, 0.29) is 11.6 Å². The van der Waals surface area contributed by atoms with E-state index >= 15 is 0 Å². The van der Waals surface area contributed by atoms with Crippen LogP contribution in [0, 0.1) is 6.92 Å². The third kappa shape index (κ3) is 2.92. The van der Waals surface area contributed by atoms with Gasteiger partial charge in [-0.25, -0.2) is 9.48 Å². The first-order chi connectivity index (χ1) is 9.86. The van der Waals surface area contributed by atoms with Gasteiger partial charge < -0.3 is 4.74 Å². The number of carbonyl (C=O) groups is 1. The molecule has 0 amide bonds. The topological polar surface area (TPSA) is 44.1 Å². The lowest BCUT2D eigenvalue weighted by Gasteiger charge is -2.11. The molecule has 0 spiro atoms. The quantitative estimate of drug-likeness (QED) is 0.785. The smallest absolute Gasteiger partial charge is 0.360 e. The van der Waals surface area contributed by atoms with Crippen LogP contribution in [0.3, 0.4) is 0 Å². The van der Waals surface area contributed by atoms with Gasteiger partial charge in [0.25, 0.3) is 0 Å². The summed E-state index contributed by atoms with van der Waals surface area (Å²) in [6, 6.07) is 5.58. The molecule has 2 aromatic rings. The Balaban J connectivity index is 2.67. The zero-order chi connectivity index (χ0) is 15.7. The van der Waals surface area contributed by atoms with Crippen molar-refractivity contribution in [2.45, 2.75) is 26.7 Å². The number of aromatic nitrogens is 2. The third-order valence-corrected chi connectivity index (χ3v) is 3.97. The summed E-state index contributed by atoms with van der Waals surface area (Å²) in [7, 11) is 1.30. The van der Waals surface area contributed by atoms with Gasteiger partial charge in [-0.15, -0.1) is 0 Å². The molecule has 0 aliphatic carbocycles. The maximum absolute atomic E-state index is 11.8. The van der Waals surface area contributed by atoms with E-state index in [4.69, 9.17) is 27.9 Å². The highest BCUT2D eigenvalue weighted by molar-refractivity contribution is 6.34. The number of aryl methyl sites for hydroxylation is 1. The molecule has 0 fully saturated rings. The first kappa shape index (κ1) is 15.9. The lowest BCUT2D eigenvalue weighted by atomic mass is 10.1. The van der Waals surface area contributed by atoms with Crippen LogP contribution in [-0.4, -0.2) is 22.9 Å². The normalized spacial score (nSPS) is 11.0. The third-order valence-electron chi connectivity index (χ3n) is 3.19. The largest absolute Gasteiger partial charge is 0.464 e. The Hall–Kier alpha value is -1.52. The molecule has 0 bridgehead atoms. The van der Waals surface area contributed by atoms with Crippen molar-refractivity contribution in [2.75, 3.05) is 7.11 Å². The van der Waals surface area contributed by atoms with Gasteiger partial charge in [-0.2, -0.15) is 5.10 Å². The van der Waals surface area contributed by atoms with Crippen LogP contribution in [0.1, 0.15) is 41.5 Å². The van der Waals surface area contributed by atoms with E-state index in [0.717, 1.165) is 16.9 Å². The molecule has 0 atom stereocenters. The maximum Gasteiger partial charge on any atom is 0.360 e. The molecule has 0 aliphatic rings. The fourth-order valence-electron chi connectivity index (χ4n) is 2.05. The molecule has 0 saturated heterocycles. The zero-order valence-corrected chi connectivity index (χ0v) is 13.8. The van der Waals surface area contributed by atoms with E-state index in [2.05, 4.69) is 5.10 Å². The second-order valence-corrected chi connectivity index (χ2v) is 5.82. The van der Waals surface area contributed by atoms with Crippen molar-refractivity contribution >= 4 is 29.2 Å². The number of ether oxygens (including phenoxy) is 1. The molecular formula is C15H16Cl2N2O2. The summed E-state index contributed by atoms with van der Waals surface area (Å²) in [5, 5.41) is 5.24. The lowest BCUT2D eigenvalue weighted by molar-refractivity contribution is 0.0593. The first-order valence-corrected chi connectivity index (χ1v) is 7.25. The van der Waals surface area contributed by atoms with E-state index in [9.17, 15) is 4.79 Å². The van der Waals surface area contributed by atoms with Gasteiger partial charge in [0.2, 0.25) is 0 Å².